The van der Waals surface area contributed by atoms with Crippen LogP contribution in [0.15, 0.2) is 48.5 Å². The van der Waals surface area contributed by atoms with E-state index in [0.717, 1.165) is 5.56 Å². The minimum atomic E-state index is -0.157. The molecule has 0 saturated heterocycles. The molecule has 0 aromatic heterocycles. The van der Waals surface area contributed by atoms with Crippen LogP contribution in [0.2, 0.25) is 0 Å². The number of amides is 1. The average molecular weight is 293 g/mol. The summed E-state index contributed by atoms with van der Waals surface area (Å²) in [6.45, 7) is 5.54. The van der Waals surface area contributed by atoms with Crippen molar-refractivity contribution in [3.05, 3.63) is 70.8 Å². The second kappa shape index (κ2) is 6.85. The van der Waals surface area contributed by atoms with Gasteiger partial charge in [0.1, 0.15) is 0 Å². The van der Waals surface area contributed by atoms with Gasteiger partial charge in [-0.2, -0.15) is 0 Å². The zero-order chi connectivity index (χ0) is 16.1. The fourth-order valence-electron chi connectivity index (χ4n) is 2.09. The van der Waals surface area contributed by atoms with Gasteiger partial charge in [-0.05, 0) is 48.7 Å². The summed E-state index contributed by atoms with van der Waals surface area (Å²) in [6, 6.07) is 13.0. The molecule has 0 bridgehead atoms. The molecule has 2 aromatic rings. The van der Waals surface area contributed by atoms with Gasteiger partial charge in [0.15, 0.2) is 5.78 Å². The van der Waals surface area contributed by atoms with Gasteiger partial charge < -0.3 is 5.32 Å². The van der Waals surface area contributed by atoms with Crippen molar-refractivity contribution in [2.45, 2.75) is 20.8 Å². The Bertz CT molecular complexity index is 745. The van der Waals surface area contributed by atoms with E-state index in [2.05, 4.69) is 12.2 Å². The first-order valence-corrected chi connectivity index (χ1v) is 7.13. The number of allylic oxidation sites excluding steroid dienone is 1. The molecule has 0 saturated carbocycles. The molecule has 3 nitrogen and oxygen atoms in total. The van der Waals surface area contributed by atoms with Gasteiger partial charge in [0, 0.05) is 18.2 Å². The van der Waals surface area contributed by atoms with E-state index in [1.54, 1.807) is 36.4 Å². The molecule has 0 radical (unpaired) electrons. The van der Waals surface area contributed by atoms with Crippen molar-refractivity contribution in [1.29, 1.82) is 0 Å². The van der Waals surface area contributed by atoms with Crippen LogP contribution in [0.1, 0.15) is 34.0 Å². The number of carbonyl (C=O) groups excluding carboxylic acids is 2. The van der Waals surface area contributed by atoms with Crippen LogP contribution < -0.4 is 5.32 Å². The predicted octanol–water partition coefficient (Wildman–Crippen LogP) is 4.16. The molecule has 112 valence electrons. The lowest BCUT2D eigenvalue weighted by atomic mass is 10.0. The molecule has 2 aromatic carbocycles. The van der Waals surface area contributed by atoms with Gasteiger partial charge in [-0.3, -0.25) is 9.59 Å². The maximum atomic E-state index is 12.2. The van der Waals surface area contributed by atoms with Crippen molar-refractivity contribution < 1.29 is 9.59 Å². The Balaban J connectivity index is 2.16. The molecule has 0 fully saturated rings. The number of benzene rings is 2. The summed E-state index contributed by atoms with van der Waals surface area (Å²) in [4.78, 5) is 23.3. The van der Waals surface area contributed by atoms with E-state index in [9.17, 15) is 9.59 Å². The van der Waals surface area contributed by atoms with Crippen LogP contribution in [-0.4, -0.2) is 11.7 Å². The highest BCUT2D eigenvalue weighted by atomic mass is 16.1. The molecule has 1 N–H and O–H groups in total. The monoisotopic (exact) mass is 293 g/mol. The summed E-state index contributed by atoms with van der Waals surface area (Å²) in [6.07, 6.45) is 3.36. The summed E-state index contributed by atoms with van der Waals surface area (Å²) in [7, 11) is 0. The summed E-state index contributed by atoms with van der Waals surface area (Å²) in [5.74, 6) is -0.249. The largest absolute Gasteiger partial charge is 0.326 e. The smallest absolute Gasteiger partial charge is 0.221 e. The van der Waals surface area contributed by atoms with Gasteiger partial charge in [0.25, 0.3) is 0 Å². The molecular formula is C19H19NO2. The maximum absolute atomic E-state index is 12.2. The first-order valence-electron chi connectivity index (χ1n) is 7.13. The highest BCUT2D eigenvalue weighted by Crippen LogP contribution is 2.14. The molecule has 0 aliphatic rings. The van der Waals surface area contributed by atoms with Crippen LogP contribution in [0.4, 0.5) is 5.69 Å². The normalized spacial score (nSPS) is 10.7. The van der Waals surface area contributed by atoms with Crippen LogP contribution >= 0.6 is 0 Å². The van der Waals surface area contributed by atoms with Gasteiger partial charge in [-0.15, -0.1) is 0 Å². The van der Waals surface area contributed by atoms with E-state index in [-0.39, 0.29) is 11.7 Å². The second-order valence-electron chi connectivity index (χ2n) is 5.30. The van der Waals surface area contributed by atoms with Crippen molar-refractivity contribution >= 4 is 23.5 Å². The lowest BCUT2D eigenvalue weighted by Crippen LogP contribution is -2.06. The zero-order valence-electron chi connectivity index (χ0n) is 13.0. The predicted molar refractivity (Wildman–Crippen MR) is 90.0 cm³/mol. The Morgan fingerprint density at radius 3 is 2.45 bits per heavy atom. The summed E-state index contributed by atoms with van der Waals surface area (Å²) in [5, 5.41) is 2.67. The number of nitrogens with one attached hydrogen (secondary N) is 1. The third kappa shape index (κ3) is 4.16. The van der Waals surface area contributed by atoms with Crippen LogP contribution in [0.25, 0.3) is 6.08 Å². The lowest BCUT2D eigenvalue weighted by molar-refractivity contribution is -0.114. The van der Waals surface area contributed by atoms with E-state index in [1.807, 2.05) is 25.1 Å². The van der Waals surface area contributed by atoms with Crippen LogP contribution in [0.3, 0.4) is 0 Å². The third-order valence-electron chi connectivity index (χ3n) is 3.43. The quantitative estimate of drug-likeness (QED) is 0.679. The molecule has 0 atom stereocenters. The van der Waals surface area contributed by atoms with Crippen molar-refractivity contribution in [2.24, 2.45) is 0 Å². The maximum Gasteiger partial charge on any atom is 0.221 e. The van der Waals surface area contributed by atoms with E-state index in [1.165, 1.54) is 18.1 Å². The Kier molecular flexibility index (Phi) is 4.89. The SMILES string of the molecule is CC(=O)Nc1cccc(C(=O)/C=C/c2ccc(C)c(C)c2)c1. The number of hydrogen-bond acceptors (Lipinski definition) is 2. The number of anilines is 1. The van der Waals surface area contributed by atoms with Crippen LogP contribution in [0.5, 0.6) is 0 Å². The fourth-order valence-corrected chi connectivity index (χ4v) is 2.09. The zero-order valence-corrected chi connectivity index (χ0v) is 13.0. The molecule has 2 rings (SSSR count). The minimum Gasteiger partial charge on any atom is -0.326 e. The summed E-state index contributed by atoms with van der Waals surface area (Å²) < 4.78 is 0. The first kappa shape index (κ1) is 15.7. The van der Waals surface area contributed by atoms with Gasteiger partial charge >= 0.3 is 0 Å². The third-order valence-corrected chi connectivity index (χ3v) is 3.43. The van der Waals surface area contributed by atoms with E-state index >= 15 is 0 Å². The number of carbonyl (C=O) groups is 2. The highest BCUT2D eigenvalue weighted by molar-refractivity contribution is 6.07. The average Bonchev–Trinajstić information content (AvgIpc) is 2.48. The molecule has 0 aliphatic carbocycles. The number of aryl methyl sites for hydroxylation is 2. The van der Waals surface area contributed by atoms with Crippen LogP contribution in [-0.2, 0) is 4.79 Å². The number of ketones is 1. The van der Waals surface area contributed by atoms with E-state index < -0.39 is 0 Å². The van der Waals surface area contributed by atoms with Gasteiger partial charge in [-0.25, -0.2) is 0 Å². The molecule has 22 heavy (non-hydrogen) atoms. The van der Waals surface area contributed by atoms with Crippen molar-refractivity contribution in [2.75, 3.05) is 5.32 Å². The Morgan fingerprint density at radius 1 is 1.00 bits per heavy atom. The molecule has 0 unspecified atom stereocenters. The van der Waals surface area contributed by atoms with Crippen molar-refractivity contribution in [1.82, 2.24) is 0 Å². The Morgan fingerprint density at radius 2 is 1.77 bits per heavy atom. The molecular weight excluding hydrogens is 274 g/mol. The van der Waals surface area contributed by atoms with E-state index in [0.29, 0.717) is 11.3 Å². The molecule has 3 heteroatoms. The van der Waals surface area contributed by atoms with Crippen LogP contribution in [0, 0.1) is 13.8 Å². The summed E-state index contributed by atoms with van der Waals surface area (Å²) >= 11 is 0. The number of rotatable bonds is 4. The Labute approximate surface area is 130 Å². The lowest BCUT2D eigenvalue weighted by Gasteiger charge is -2.03. The standard InChI is InChI=1S/C19H19NO2/c1-13-7-8-16(11-14(13)2)9-10-19(22)17-5-4-6-18(12-17)20-15(3)21/h4-12H,1-3H3,(H,20,21)/b10-9+. The van der Waals surface area contributed by atoms with Gasteiger partial charge in [0.2, 0.25) is 5.91 Å². The van der Waals surface area contributed by atoms with E-state index in [4.69, 9.17) is 0 Å². The highest BCUT2D eigenvalue weighted by Gasteiger charge is 2.04. The molecule has 0 heterocycles. The van der Waals surface area contributed by atoms with Crippen molar-refractivity contribution in [3.63, 3.8) is 0 Å². The molecule has 1 amide bonds. The topological polar surface area (TPSA) is 46.2 Å². The first-order chi connectivity index (χ1) is 10.5. The molecule has 0 spiro atoms. The van der Waals surface area contributed by atoms with Gasteiger partial charge in [-0.1, -0.05) is 36.4 Å². The van der Waals surface area contributed by atoms with Crippen molar-refractivity contribution in [3.8, 4) is 0 Å². The minimum absolute atomic E-state index is 0.0922. The fraction of sp³-hybridized carbons (Fsp3) is 0.158. The number of hydrogen-bond donors (Lipinski definition) is 1. The van der Waals surface area contributed by atoms with Gasteiger partial charge in [0.05, 0.1) is 0 Å². The summed E-state index contributed by atoms with van der Waals surface area (Å²) in [5.41, 5.74) is 4.59. The Hall–Kier alpha value is -2.68. The molecule has 0 aliphatic heterocycles. The second-order valence-corrected chi connectivity index (χ2v) is 5.30.